The van der Waals surface area contributed by atoms with Crippen LogP contribution in [0.25, 0.3) is 0 Å². The van der Waals surface area contributed by atoms with E-state index in [4.69, 9.17) is 5.73 Å². The Labute approximate surface area is 120 Å². The fourth-order valence-corrected chi connectivity index (χ4v) is 3.24. The summed E-state index contributed by atoms with van der Waals surface area (Å²) in [4.78, 5) is 11.6. The van der Waals surface area contributed by atoms with Gasteiger partial charge in [-0.1, -0.05) is 24.3 Å². The minimum Gasteiger partial charge on any atom is -0.368 e. The fourth-order valence-electron chi connectivity index (χ4n) is 1.96. The summed E-state index contributed by atoms with van der Waals surface area (Å²) in [5.41, 5.74) is 7.46. The number of hydrogen-bond acceptors (Lipinski definition) is 3. The molecule has 1 unspecified atom stereocenters. The van der Waals surface area contributed by atoms with Gasteiger partial charge in [-0.3, -0.25) is 4.79 Å². The fraction of sp³-hybridized carbons (Fsp3) is 0.533. The van der Waals surface area contributed by atoms with E-state index < -0.39 is 5.54 Å². The zero-order valence-electron chi connectivity index (χ0n) is 12.2. The van der Waals surface area contributed by atoms with Crippen molar-refractivity contribution in [2.75, 3.05) is 5.75 Å². The standard InChI is InChI=1S/C15H24N2OS/c1-11(2)17-15(4,14(16)18)10-19-9-13-8-6-5-7-12(13)3/h5-8,11,17H,9-10H2,1-4H3,(H2,16,18). The Morgan fingerprint density at radius 2 is 2.05 bits per heavy atom. The number of benzene rings is 1. The van der Waals surface area contributed by atoms with Crippen LogP contribution in [0.5, 0.6) is 0 Å². The number of nitrogens with two attached hydrogens (primary N) is 1. The third-order valence-electron chi connectivity index (χ3n) is 3.06. The van der Waals surface area contributed by atoms with Crippen molar-refractivity contribution in [2.45, 2.75) is 45.0 Å². The molecule has 106 valence electrons. The van der Waals surface area contributed by atoms with Crippen LogP contribution in [0.3, 0.4) is 0 Å². The Kier molecular flexibility index (Phi) is 5.88. The minimum absolute atomic E-state index is 0.233. The largest absolute Gasteiger partial charge is 0.368 e. The number of aryl methyl sites for hydroxylation is 1. The second-order valence-electron chi connectivity index (χ2n) is 5.41. The van der Waals surface area contributed by atoms with Crippen LogP contribution in [0.15, 0.2) is 24.3 Å². The van der Waals surface area contributed by atoms with E-state index in [1.54, 1.807) is 11.8 Å². The number of rotatable bonds is 7. The number of nitrogens with one attached hydrogen (secondary N) is 1. The van der Waals surface area contributed by atoms with Gasteiger partial charge in [-0.25, -0.2) is 0 Å². The molecule has 19 heavy (non-hydrogen) atoms. The van der Waals surface area contributed by atoms with Crippen LogP contribution in [0, 0.1) is 6.92 Å². The van der Waals surface area contributed by atoms with Crippen LogP contribution < -0.4 is 11.1 Å². The van der Waals surface area contributed by atoms with Gasteiger partial charge in [0.05, 0.1) is 0 Å². The molecule has 0 spiro atoms. The molecule has 0 saturated heterocycles. The van der Waals surface area contributed by atoms with Crippen LogP contribution >= 0.6 is 11.8 Å². The van der Waals surface area contributed by atoms with Gasteiger partial charge in [0, 0.05) is 17.5 Å². The van der Waals surface area contributed by atoms with Gasteiger partial charge in [-0.05, 0) is 38.8 Å². The van der Waals surface area contributed by atoms with Crippen molar-refractivity contribution >= 4 is 17.7 Å². The zero-order chi connectivity index (χ0) is 14.5. The quantitative estimate of drug-likeness (QED) is 0.806. The average Bonchev–Trinajstić information content (AvgIpc) is 2.30. The van der Waals surface area contributed by atoms with Gasteiger partial charge in [0.25, 0.3) is 0 Å². The summed E-state index contributed by atoms with van der Waals surface area (Å²) in [7, 11) is 0. The lowest BCUT2D eigenvalue weighted by Gasteiger charge is -2.29. The van der Waals surface area contributed by atoms with Crippen LogP contribution in [-0.4, -0.2) is 23.2 Å². The average molecular weight is 280 g/mol. The third kappa shape index (κ3) is 4.88. The number of thioether (sulfide) groups is 1. The summed E-state index contributed by atoms with van der Waals surface area (Å²) < 4.78 is 0. The molecule has 0 bridgehead atoms. The van der Waals surface area contributed by atoms with Gasteiger partial charge in [0.1, 0.15) is 5.54 Å². The first-order chi connectivity index (χ1) is 8.85. The van der Waals surface area contributed by atoms with Crippen molar-refractivity contribution < 1.29 is 4.79 Å². The number of primary amides is 1. The van der Waals surface area contributed by atoms with E-state index >= 15 is 0 Å². The monoisotopic (exact) mass is 280 g/mol. The van der Waals surface area contributed by atoms with E-state index in [-0.39, 0.29) is 11.9 Å². The smallest absolute Gasteiger partial charge is 0.238 e. The molecule has 0 radical (unpaired) electrons. The molecule has 1 amide bonds. The molecule has 0 heterocycles. The number of carbonyl (C=O) groups excluding carboxylic acids is 1. The van der Waals surface area contributed by atoms with Crippen molar-refractivity contribution in [3.8, 4) is 0 Å². The second-order valence-corrected chi connectivity index (χ2v) is 6.40. The van der Waals surface area contributed by atoms with Gasteiger partial charge in [0.2, 0.25) is 5.91 Å². The highest BCUT2D eigenvalue weighted by Crippen LogP contribution is 2.20. The first-order valence-electron chi connectivity index (χ1n) is 6.55. The molecule has 0 fully saturated rings. The minimum atomic E-state index is -0.651. The summed E-state index contributed by atoms with van der Waals surface area (Å²) in [6, 6.07) is 8.55. The van der Waals surface area contributed by atoms with Crippen LogP contribution in [0.4, 0.5) is 0 Å². The zero-order valence-corrected chi connectivity index (χ0v) is 13.0. The third-order valence-corrected chi connectivity index (χ3v) is 4.36. The van der Waals surface area contributed by atoms with Crippen molar-refractivity contribution in [2.24, 2.45) is 5.73 Å². The van der Waals surface area contributed by atoms with E-state index in [2.05, 4.69) is 24.4 Å². The Hall–Kier alpha value is -1.00. The molecule has 0 aliphatic carbocycles. The highest BCUT2D eigenvalue weighted by atomic mass is 32.2. The summed E-state index contributed by atoms with van der Waals surface area (Å²) in [6.07, 6.45) is 0. The molecular formula is C15H24N2OS. The molecule has 3 nitrogen and oxygen atoms in total. The van der Waals surface area contributed by atoms with Gasteiger partial charge in [0.15, 0.2) is 0 Å². The lowest BCUT2D eigenvalue weighted by molar-refractivity contribution is -0.123. The molecule has 0 aliphatic rings. The number of hydrogen-bond donors (Lipinski definition) is 2. The first-order valence-corrected chi connectivity index (χ1v) is 7.70. The number of carbonyl (C=O) groups is 1. The van der Waals surface area contributed by atoms with Gasteiger partial charge in [-0.2, -0.15) is 11.8 Å². The maximum absolute atomic E-state index is 11.6. The maximum Gasteiger partial charge on any atom is 0.238 e. The number of amides is 1. The molecule has 1 rings (SSSR count). The van der Waals surface area contributed by atoms with Gasteiger partial charge in [-0.15, -0.1) is 0 Å². The molecule has 1 aromatic carbocycles. The lowest BCUT2D eigenvalue weighted by Crippen LogP contribution is -2.57. The topological polar surface area (TPSA) is 55.1 Å². The molecule has 0 saturated carbocycles. The Morgan fingerprint density at radius 1 is 1.42 bits per heavy atom. The van der Waals surface area contributed by atoms with Crippen LogP contribution in [-0.2, 0) is 10.5 Å². The van der Waals surface area contributed by atoms with Gasteiger partial charge < -0.3 is 11.1 Å². The summed E-state index contributed by atoms with van der Waals surface area (Å²) in [6.45, 7) is 8.02. The Balaban J connectivity index is 2.58. The SMILES string of the molecule is Cc1ccccc1CSCC(C)(NC(C)C)C(N)=O. The summed E-state index contributed by atoms with van der Waals surface area (Å²) in [5.74, 6) is 1.28. The lowest BCUT2D eigenvalue weighted by atomic mass is 10.0. The van der Waals surface area contributed by atoms with E-state index in [0.717, 1.165) is 5.75 Å². The van der Waals surface area contributed by atoms with Crippen LogP contribution in [0.2, 0.25) is 0 Å². The van der Waals surface area contributed by atoms with Crippen LogP contribution in [0.1, 0.15) is 31.9 Å². The summed E-state index contributed by atoms with van der Waals surface area (Å²) in [5, 5.41) is 3.26. The van der Waals surface area contributed by atoms with Crippen molar-refractivity contribution in [3.05, 3.63) is 35.4 Å². The predicted molar refractivity (Wildman–Crippen MR) is 83.2 cm³/mol. The molecule has 3 N–H and O–H groups in total. The van der Waals surface area contributed by atoms with E-state index in [1.807, 2.05) is 32.9 Å². The van der Waals surface area contributed by atoms with Crippen molar-refractivity contribution in [1.29, 1.82) is 0 Å². The highest BCUT2D eigenvalue weighted by Gasteiger charge is 2.31. The van der Waals surface area contributed by atoms with Gasteiger partial charge >= 0.3 is 0 Å². The van der Waals surface area contributed by atoms with Crippen molar-refractivity contribution in [1.82, 2.24) is 5.32 Å². The molecular weight excluding hydrogens is 256 g/mol. The molecule has 0 aromatic heterocycles. The van der Waals surface area contributed by atoms with E-state index in [9.17, 15) is 4.79 Å². The molecule has 1 aromatic rings. The molecule has 0 aliphatic heterocycles. The molecule has 1 atom stereocenters. The predicted octanol–water partition coefficient (Wildman–Crippen LogP) is 2.47. The van der Waals surface area contributed by atoms with E-state index in [1.165, 1.54) is 11.1 Å². The Bertz CT molecular complexity index is 434. The summed E-state index contributed by atoms with van der Waals surface area (Å²) >= 11 is 1.73. The molecule has 4 heteroatoms. The maximum atomic E-state index is 11.6. The second kappa shape index (κ2) is 6.96. The Morgan fingerprint density at radius 3 is 2.58 bits per heavy atom. The van der Waals surface area contributed by atoms with Crippen molar-refractivity contribution in [3.63, 3.8) is 0 Å². The normalized spacial score (nSPS) is 14.4. The first kappa shape index (κ1) is 16.1. The van der Waals surface area contributed by atoms with E-state index in [0.29, 0.717) is 5.75 Å². The highest BCUT2D eigenvalue weighted by molar-refractivity contribution is 7.98.